The summed E-state index contributed by atoms with van der Waals surface area (Å²) in [6, 6.07) is 1.34. The van der Waals surface area contributed by atoms with E-state index in [0.29, 0.717) is 0 Å². The summed E-state index contributed by atoms with van der Waals surface area (Å²) in [5.41, 5.74) is 9.38. The zero-order chi connectivity index (χ0) is 14.9. The second-order valence-corrected chi connectivity index (χ2v) is 5.69. The van der Waals surface area contributed by atoms with Crippen molar-refractivity contribution in [3.63, 3.8) is 0 Å². The van der Waals surface area contributed by atoms with Gasteiger partial charge in [-0.25, -0.2) is 19.3 Å². The van der Waals surface area contributed by atoms with Gasteiger partial charge in [0.25, 0.3) is 0 Å². The molecule has 0 bridgehead atoms. The standard InChI is InChI=1S/C9H14FN4O5P/c10-6-3-5(4-18-20(12,16)17)19-8(6)14-2-1-7(11)13-9(14)15/h1-2,5-6,8H,3-4H2,(H2,11,13,15)(H3,12,16,17). The van der Waals surface area contributed by atoms with E-state index in [4.69, 9.17) is 20.9 Å². The third-order valence-electron chi connectivity index (χ3n) is 2.70. The van der Waals surface area contributed by atoms with Crippen LogP contribution in [0.5, 0.6) is 0 Å². The number of hydrogen-bond acceptors (Lipinski definition) is 6. The molecular formula is C9H14FN4O5P. The number of halogens is 1. The molecule has 11 heteroatoms. The number of nitrogen functional groups attached to an aromatic ring is 1. The van der Waals surface area contributed by atoms with Gasteiger partial charge in [-0.3, -0.25) is 9.09 Å². The van der Waals surface area contributed by atoms with Gasteiger partial charge in [0.05, 0.1) is 12.7 Å². The van der Waals surface area contributed by atoms with Gasteiger partial charge >= 0.3 is 13.4 Å². The highest BCUT2D eigenvalue weighted by Crippen LogP contribution is 2.35. The molecule has 0 aromatic carbocycles. The van der Waals surface area contributed by atoms with Crippen LogP contribution in [0.1, 0.15) is 12.6 Å². The third-order valence-corrected chi connectivity index (χ3v) is 3.22. The van der Waals surface area contributed by atoms with Gasteiger partial charge in [-0.1, -0.05) is 0 Å². The summed E-state index contributed by atoms with van der Waals surface area (Å²) in [5.74, 6) is 0.0175. The number of nitrogens with two attached hydrogens (primary N) is 2. The Balaban J connectivity index is 2.07. The van der Waals surface area contributed by atoms with E-state index in [1.807, 2.05) is 0 Å². The normalized spacial score (nSPS) is 29.2. The maximum Gasteiger partial charge on any atom is 0.400 e. The van der Waals surface area contributed by atoms with Crippen LogP contribution in [0.2, 0.25) is 0 Å². The van der Waals surface area contributed by atoms with Gasteiger partial charge in [-0.05, 0) is 6.07 Å². The van der Waals surface area contributed by atoms with E-state index < -0.39 is 31.9 Å². The maximum absolute atomic E-state index is 13.9. The van der Waals surface area contributed by atoms with Crippen molar-refractivity contribution in [2.24, 2.45) is 5.50 Å². The average molecular weight is 308 g/mol. The molecule has 1 saturated heterocycles. The molecule has 2 rings (SSSR count). The summed E-state index contributed by atoms with van der Waals surface area (Å²) in [6.07, 6.45) is -2.28. The Morgan fingerprint density at radius 3 is 3.00 bits per heavy atom. The lowest BCUT2D eigenvalue weighted by Gasteiger charge is -2.16. The molecule has 112 valence electrons. The molecular weight excluding hydrogens is 294 g/mol. The van der Waals surface area contributed by atoms with Crippen molar-refractivity contribution < 1.29 is 23.1 Å². The minimum atomic E-state index is -4.15. The van der Waals surface area contributed by atoms with Crippen molar-refractivity contribution in [3.8, 4) is 0 Å². The number of aromatic nitrogens is 2. The van der Waals surface area contributed by atoms with Crippen LogP contribution < -0.4 is 16.9 Å². The van der Waals surface area contributed by atoms with Crippen molar-refractivity contribution in [1.82, 2.24) is 9.55 Å². The first kappa shape index (κ1) is 15.1. The van der Waals surface area contributed by atoms with Crippen LogP contribution in [-0.4, -0.2) is 33.3 Å². The molecule has 4 unspecified atom stereocenters. The van der Waals surface area contributed by atoms with Crippen LogP contribution in [0, 0.1) is 0 Å². The van der Waals surface area contributed by atoms with Crippen molar-refractivity contribution >= 4 is 13.6 Å². The molecule has 1 aromatic rings. The highest BCUT2D eigenvalue weighted by atomic mass is 31.2. The predicted molar refractivity (Wildman–Crippen MR) is 66.3 cm³/mol. The molecule has 5 N–H and O–H groups in total. The molecule has 0 radical (unpaired) electrons. The van der Waals surface area contributed by atoms with Crippen molar-refractivity contribution in [2.75, 3.05) is 12.3 Å². The molecule has 0 amide bonds. The zero-order valence-electron chi connectivity index (χ0n) is 10.3. The minimum absolute atomic E-state index is 0.0175. The number of rotatable bonds is 4. The average Bonchev–Trinajstić information content (AvgIpc) is 2.67. The number of ether oxygens (including phenoxy) is 1. The Morgan fingerprint density at radius 1 is 1.70 bits per heavy atom. The monoisotopic (exact) mass is 308 g/mol. The van der Waals surface area contributed by atoms with Gasteiger partial charge in [-0.2, -0.15) is 4.98 Å². The number of alkyl halides is 1. The van der Waals surface area contributed by atoms with Crippen LogP contribution in [0.15, 0.2) is 17.1 Å². The highest BCUT2D eigenvalue weighted by Gasteiger charge is 2.38. The van der Waals surface area contributed by atoms with Crippen molar-refractivity contribution in [2.45, 2.75) is 24.9 Å². The van der Waals surface area contributed by atoms with E-state index >= 15 is 0 Å². The van der Waals surface area contributed by atoms with Crippen molar-refractivity contribution in [1.29, 1.82) is 0 Å². The van der Waals surface area contributed by atoms with Crippen LogP contribution >= 0.6 is 7.75 Å². The second kappa shape index (κ2) is 5.58. The lowest BCUT2D eigenvalue weighted by Crippen LogP contribution is -2.30. The van der Waals surface area contributed by atoms with Gasteiger partial charge in [0.2, 0.25) is 0 Å². The first-order chi connectivity index (χ1) is 9.26. The van der Waals surface area contributed by atoms with E-state index in [1.54, 1.807) is 0 Å². The van der Waals surface area contributed by atoms with E-state index in [0.717, 1.165) is 4.57 Å². The predicted octanol–water partition coefficient (Wildman–Crippen LogP) is -0.473. The molecule has 1 aliphatic rings. The molecule has 0 spiro atoms. The van der Waals surface area contributed by atoms with E-state index in [1.165, 1.54) is 12.3 Å². The highest BCUT2D eigenvalue weighted by molar-refractivity contribution is 7.50. The topological polar surface area (TPSA) is 143 Å². The van der Waals surface area contributed by atoms with Gasteiger partial charge in [-0.15, -0.1) is 0 Å². The molecule has 1 aliphatic heterocycles. The molecule has 9 nitrogen and oxygen atoms in total. The molecule has 0 aliphatic carbocycles. The third kappa shape index (κ3) is 3.62. The summed E-state index contributed by atoms with van der Waals surface area (Å²) in [4.78, 5) is 23.8. The summed E-state index contributed by atoms with van der Waals surface area (Å²) >= 11 is 0. The lowest BCUT2D eigenvalue weighted by molar-refractivity contribution is -0.0367. The van der Waals surface area contributed by atoms with E-state index in [9.17, 15) is 13.8 Å². The fraction of sp³-hybridized carbons (Fsp3) is 0.556. The summed E-state index contributed by atoms with van der Waals surface area (Å²) in [6.45, 7) is -0.349. The fourth-order valence-electron chi connectivity index (χ4n) is 1.86. The Morgan fingerprint density at radius 2 is 2.40 bits per heavy atom. The zero-order valence-corrected chi connectivity index (χ0v) is 11.1. The Labute approximate surface area is 112 Å². The lowest BCUT2D eigenvalue weighted by atomic mass is 10.2. The maximum atomic E-state index is 13.9. The number of hydrogen-bond donors (Lipinski definition) is 3. The van der Waals surface area contributed by atoms with Crippen LogP contribution in [0.4, 0.5) is 10.2 Å². The fourth-order valence-corrected chi connectivity index (χ4v) is 2.24. The van der Waals surface area contributed by atoms with Gasteiger partial charge in [0.15, 0.2) is 6.23 Å². The first-order valence-electron chi connectivity index (χ1n) is 5.66. The Hall–Kier alpha value is -1.32. The quantitative estimate of drug-likeness (QED) is 0.633. The summed E-state index contributed by atoms with van der Waals surface area (Å²) in [7, 11) is -4.15. The summed E-state index contributed by atoms with van der Waals surface area (Å²) < 4.78 is 35.3. The number of nitrogens with zero attached hydrogens (tertiary/aromatic N) is 2. The molecule has 1 aromatic heterocycles. The smallest absolute Gasteiger partial charge is 0.383 e. The van der Waals surface area contributed by atoms with E-state index in [-0.39, 0.29) is 18.8 Å². The van der Waals surface area contributed by atoms with Crippen LogP contribution in [0.25, 0.3) is 0 Å². The second-order valence-electron chi connectivity index (χ2n) is 4.30. The molecule has 0 saturated carbocycles. The van der Waals surface area contributed by atoms with E-state index in [2.05, 4.69) is 9.51 Å². The largest absolute Gasteiger partial charge is 0.400 e. The van der Waals surface area contributed by atoms with Crippen LogP contribution in [0.3, 0.4) is 0 Å². The van der Waals surface area contributed by atoms with Crippen LogP contribution in [-0.2, 0) is 13.8 Å². The molecule has 4 atom stereocenters. The number of anilines is 1. The first-order valence-corrected chi connectivity index (χ1v) is 7.31. The van der Waals surface area contributed by atoms with Crippen molar-refractivity contribution in [3.05, 3.63) is 22.7 Å². The Bertz CT molecular complexity index is 590. The SMILES string of the molecule is Nc1ccn(C2OC(COP(N)(=O)O)CC2F)c(=O)n1. The van der Waals surface area contributed by atoms with Gasteiger partial charge in [0, 0.05) is 12.6 Å². The molecule has 1 fully saturated rings. The molecule has 2 heterocycles. The van der Waals surface area contributed by atoms with Gasteiger partial charge in [0.1, 0.15) is 12.0 Å². The van der Waals surface area contributed by atoms with Gasteiger partial charge < -0.3 is 15.4 Å². The molecule has 20 heavy (non-hydrogen) atoms. The minimum Gasteiger partial charge on any atom is -0.383 e. The summed E-state index contributed by atoms with van der Waals surface area (Å²) in [5, 5.41) is 0. The Kier molecular flexibility index (Phi) is 4.21.